The molecule has 4 nitrogen and oxygen atoms in total. The smallest absolute Gasteiger partial charge is 0.186 e. The van der Waals surface area contributed by atoms with Crippen LogP contribution in [0.2, 0.25) is 0 Å². The third-order valence-electron chi connectivity index (χ3n) is 5.27. The molecule has 2 aromatic heterocycles. The molecule has 0 saturated heterocycles. The van der Waals surface area contributed by atoms with E-state index in [0.29, 0.717) is 0 Å². The van der Waals surface area contributed by atoms with Crippen molar-refractivity contribution < 1.29 is 9.26 Å². The molecule has 134 valence electrons. The predicted octanol–water partition coefficient (Wildman–Crippen LogP) is 4.97. The van der Waals surface area contributed by atoms with Crippen molar-refractivity contribution in [3.05, 3.63) is 83.6 Å². The van der Waals surface area contributed by atoms with Crippen LogP contribution >= 0.6 is 0 Å². The molecule has 2 aromatic carbocycles. The van der Waals surface area contributed by atoms with Crippen LogP contribution in [0.5, 0.6) is 5.75 Å². The fraction of sp³-hybridized carbons (Fsp3) is 0.174. The van der Waals surface area contributed by atoms with E-state index in [2.05, 4.69) is 58.3 Å². The number of aromatic nitrogens is 2. The predicted molar refractivity (Wildman–Crippen MR) is 105 cm³/mol. The highest BCUT2D eigenvalue weighted by atomic mass is 16.5. The van der Waals surface area contributed by atoms with Gasteiger partial charge in [0.05, 0.1) is 19.0 Å². The lowest BCUT2D eigenvalue weighted by atomic mass is 9.96. The Morgan fingerprint density at radius 1 is 1.00 bits per heavy atom. The summed E-state index contributed by atoms with van der Waals surface area (Å²) in [6.07, 6.45) is 3.84. The zero-order valence-corrected chi connectivity index (χ0v) is 15.2. The van der Waals surface area contributed by atoms with Crippen LogP contribution in [-0.4, -0.2) is 16.8 Å². The first-order chi connectivity index (χ1) is 13.3. The van der Waals surface area contributed by atoms with Gasteiger partial charge in [-0.3, -0.25) is 0 Å². The van der Waals surface area contributed by atoms with E-state index < -0.39 is 0 Å². The van der Waals surface area contributed by atoms with Gasteiger partial charge in [-0.2, -0.15) is 0 Å². The first-order valence-corrected chi connectivity index (χ1v) is 9.18. The molecule has 1 aliphatic carbocycles. The van der Waals surface area contributed by atoms with Gasteiger partial charge in [-0.05, 0) is 47.7 Å². The lowest BCUT2D eigenvalue weighted by Gasteiger charge is -2.16. The van der Waals surface area contributed by atoms with Crippen LogP contribution in [0, 0.1) is 0 Å². The van der Waals surface area contributed by atoms with Gasteiger partial charge in [0, 0.05) is 17.8 Å². The van der Waals surface area contributed by atoms with Crippen molar-refractivity contribution in [2.75, 3.05) is 7.11 Å². The summed E-state index contributed by atoms with van der Waals surface area (Å²) in [6, 6.07) is 21.1. The summed E-state index contributed by atoms with van der Waals surface area (Å²) in [7, 11) is 1.69. The third-order valence-corrected chi connectivity index (χ3v) is 5.27. The minimum Gasteiger partial charge on any atom is -0.497 e. The Hall–Kier alpha value is -3.27. The van der Waals surface area contributed by atoms with Crippen LogP contribution in [0.15, 0.2) is 71.4 Å². The van der Waals surface area contributed by atoms with Gasteiger partial charge < -0.3 is 13.8 Å². The Labute approximate surface area is 158 Å². The standard InChI is InChI=1S/C23H20N2O2/c1-26-20-11-7-16(8-12-20)15-25-21(17-5-3-2-4-6-17)13-18-9-10-19-14-24-27-23(19)22(18)25/h2-8,11-14H,9-10,15H2,1H3. The molecule has 0 radical (unpaired) electrons. The molecule has 0 amide bonds. The number of methoxy groups -OCH3 is 1. The van der Waals surface area contributed by atoms with Crippen LogP contribution in [0.4, 0.5) is 0 Å². The third kappa shape index (κ3) is 2.74. The Balaban J connectivity index is 1.66. The molecule has 4 heteroatoms. The van der Waals surface area contributed by atoms with Gasteiger partial charge in [-0.15, -0.1) is 0 Å². The lowest BCUT2D eigenvalue weighted by Crippen LogP contribution is -2.08. The first kappa shape index (κ1) is 15.9. The van der Waals surface area contributed by atoms with Crippen LogP contribution < -0.4 is 4.74 Å². The van der Waals surface area contributed by atoms with Crippen molar-refractivity contribution in [1.82, 2.24) is 9.72 Å². The number of hydrogen-bond donors (Lipinski definition) is 0. The van der Waals surface area contributed by atoms with Crippen molar-refractivity contribution in [3.63, 3.8) is 0 Å². The number of fused-ring (bicyclic) bond motifs is 3. The second-order valence-corrected chi connectivity index (χ2v) is 6.88. The zero-order valence-electron chi connectivity index (χ0n) is 15.2. The summed E-state index contributed by atoms with van der Waals surface area (Å²) >= 11 is 0. The maximum Gasteiger partial charge on any atom is 0.186 e. The van der Waals surface area contributed by atoms with Crippen molar-refractivity contribution in [1.29, 1.82) is 0 Å². The average Bonchev–Trinajstić information content (AvgIpc) is 3.33. The van der Waals surface area contributed by atoms with Gasteiger partial charge in [-0.1, -0.05) is 47.6 Å². The molecular weight excluding hydrogens is 336 g/mol. The van der Waals surface area contributed by atoms with Gasteiger partial charge in [0.2, 0.25) is 0 Å². The average molecular weight is 356 g/mol. The quantitative estimate of drug-likeness (QED) is 0.518. The minimum atomic E-state index is 0.768. The Morgan fingerprint density at radius 2 is 1.78 bits per heavy atom. The molecule has 5 rings (SSSR count). The van der Waals surface area contributed by atoms with E-state index in [1.165, 1.54) is 27.9 Å². The molecule has 27 heavy (non-hydrogen) atoms. The molecule has 4 aromatic rings. The fourth-order valence-corrected chi connectivity index (χ4v) is 3.89. The van der Waals surface area contributed by atoms with Crippen LogP contribution in [-0.2, 0) is 19.4 Å². The summed E-state index contributed by atoms with van der Waals surface area (Å²) in [5, 5.41) is 4.05. The highest BCUT2D eigenvalue weighted by Crippen LogP contribution is 2.39. The van der Waals surface area contributed by atoms with Gasteiger partial charge in [0.1, 0.15) is 5.75 Å². The first-order valence-electron chi connectivity index (χ1n) is 9.18. The number of rotatable bonds is 4. The molecule has 0 unspecified atom stereocenters. The SMILES string of the molecule is COc1ccc(Cn2c(-c3ccccc3)cc3c2-c2oncc2CC3)cc1. The lowest BCUT2D eigenvalue weighted by molar-refractivity contribution is 0.414. The zero-order chi connectivity index (χ0) is 18.2. The highest BCUT2D eigenvalue weighted by Gasteiger charge is 2.26. The molecular formula is C23H20N2O2. The number of nitrogens with zero attached hydrogens (tertiary/aromatic N) is 2. The van der Waals surface area contributed by atoms with Crippen molar-refractivity contribution >= 4 is 0 Å². The van der Waals surface area contributed by atoms with E-state index in [4.69, 9.17) is 9.26 Å². The summed E-state index contributed by atoms with van der Waals surface area (Å²) < 4.78 is 13.3. The van der Waals surface area contributed by atoms with E-state index >= 15 is 0 Å². The molecule has 1 aliphatic rings. The maximum atomic E-state index is 5.66. The largest absolute Gasteiger partial charge is 0.497 e. The summed E-state index contributed by atoms with van der Waals surface area (Å²) in [5.41, 5.74) is 7.31. The number of ether oxygens (including phenoxy) is 1. The van der Waals surface area contributed by atoms with Crippen molar-refractivity contribution in [2.24, 2.45) is 0 Å². The normalized spacial score (nSPS) is 12.5. The monoisotopic (exact) mass is 356 g/mol. The highest BCUT2D eigenvalue weighted by molar-refractivity contribution is 5.73. The minimum absolute atomic E-state index is 0.768. The molecule has 0 saturated carbocycles. The molecule has 0 bridgehead atoms. The molecule has 0 spiro atoms. The second kappa shape index (κ2) is 6.47. The van der Waals surface area contributed by atoms with Crippen LogP contribution in [0.1, 0.15) is 16.7 Å². The van der Waals surface area contributed by atoms with Crippen LogP contribution in [0.3, 0.4) is 0 Å². The molecule has 2 heterocycles. The number of benzene rings is 2. The summed E-state index contributed by atoms with van der Waals surface area (Å²) in [5.74, 6) is 1.78. The number of hydrogen-bond acceptors (Lipinski definition) is 3. The van der Waals surface area contributed by atoms with Gasteiger partial charge >= 0.3 is 0 Å². The van der Waals surface area contributed by atoms with Crippen LogP contribution in [0.25, 0.3) is 22.7 Å². The van der Waals surface area contributed by atoms with Gasteiger partial charge in [0.15, 0.2) is 5.76 Å². The summed E-state index contributed by atoms with van der Waals surface area (Å²) in [4.78, 5) is 0. The van der Waals surface area contributed by atoms with Crippen molar-refractivity contribution in [3.8, 4) is 28.5 Å². The molecule has 0 N–H and O–H groups in total. The Kier molecular flexibility index (Phi) is 3.82. The van der Waals surface area contributed by atoms with E-state index in [0.717, 1.165) is 36.6 Å². The fourth-order valence-electron chi connectivity index (χ4n) is 3.89. The van der Waals surface area contributed by atoms with E-state index in [-0.39, 0.29) is 0 Å². The molecule has 0 aliphatic heterocycles. The molecule has 0 fully saturated rings. The number of aryl methyl sites for hydroxylation is 2. The molecule has 0 atom stereocenters. The van der Waals surface area contributed by atoms with Crippen molar-refractivity contribution in [2.45, 2.75) is 19.4 Å². The van der Waals surface area contributed by atoms with Gasteiger partial charge in [-0.25, -0.2) is 0 Å². The topological polar surface area (TPSA) is 40.2 Å². The van der Waals surface area contributed by atoms with E-state index in [1.807, 2.05) is 18.3 Å². The van der Waals surface area contributed by atoms with E-state index in [1.54, 1.807) is 7.11 Å². The summed E-state index contributed by atoms with van der Waals surface area (Å²) in [6.45, 7) is 0.768. The Morgan fingerprint density at radius 3 is 2.56 bits per heavy atom. The van der Waals surface area contributed by atoms with E-state index in [9.17, 15) is 0 Å². The maximum absolute atomic E-state index is 5.66. The van der Waals surface area contributed by atoms with Gasteiger partial charge in [0.25, 0.3) is 0 Å². The Bertz CT molecular complexity index is 1080. The second-order valence-electron chi connectivity index (χ2n) is 6.88.